The molecule has 3 aromatic carbocycles. The summed E-state index contributed by atoms with van der Waals surface area (Å²) in [6, 6.07) is 32.1. The highest BCUT2D eigenvalue weighted by molar-refractivity contribution is 6.23. The van der Waals surface area contributed by atoms with Crippen LogP contribution in [0.5, 0.6) is 0 Å². The Hall–Kier alpha value is -3.98. The van der Waals surface area contributed by atoms with Crippen LogP contribution in [0.25, 0.3) is 5.70 Å². The van der Waals surface area contributed by atoms with Crippen LogP contribution in [0.2, 0.25) is 0 Å². The zero-order valence-electron chi connectivity index (χ0n) is 20.3. The number of nitrogens with zero attached hydrogens (tertiary/aromatic N) is 3. The van der Waals surface area contributed by atoms with Crippen molar-refractivity contribution in [3.8, 4) is 0 Å². The molecule has 0 amide bonds. The van der Waals surface area contributed by atoms with Gasteiger partial charge >= 0.3 is 0 Å². The second kappa shape index (κ2) is 8.60. The Kier molecular flexibility index (Phi) is 5.09. The number of aliphatic imine (C=N–C) groups is 2. The van der Waals surface area contributed by atoms with Gasteiger partial charge in [0.05, 0.1) is 22.8 Å². The van der Waals surface area contributed by atoms with E-state index in [0.717, 1.165) is 23.5 Å². The molecule has 0 bridgehead atoms. The zero-order valence-corrected chi connectivity index (χ0v) is 20.3. The molecule has 0 N–H and O–H groups in total. The first-order chi connectivity index (χ1) is 17.8. The van der Waals surface area contributed by atoms with Crippen LogP contribution in [0.4, 0.5) is 5.69 Å². The van der Waals surface area contributed by atoms with Crippen LogP contribution in [-0.2, 0) is 0 Å². The highest BCUT2D eigenvalue weighted by atomic mass is 15.4. The summed E-state index contributed by atoms with van der Waals surface area (Å²) in [6.07, 6.45) is 13.8. The van der Waals surface area contributed by atoms with Gasteiger partial charge in [-0.3, -0.25) is 4.99 Å². The summed E-state index contributed by atoms with van der Waals surface area (Å²) in [5, 5.41) is 0. The molecule has 3 atom stereocenters. The summed E-state index contributed by atoms with van der Waals surface area (Å²) in [4.78, 5) is 13.1. The summed E-state index contributed by atoms with van der Waals surface area (Å²) >= 11 is 0. The first-order valence-electron chi connectivity index (χ1n) is 13.1. The standard InChI is InChI=1S/C33H29N3/c1-4-12-24(13-5-1)28-23-31(25-14-6-2-7-15-25)36-32-22-27(34-26-16-8-3-9-17-26)19-20-30(32)35-33(36)21-11-10-18-29(28)33/h1-9,12-17,19-20,22-23,28-29H,10-11,18,21H2/t28-,29+,33-/m0/s1. The topological polar surface area (TPSA) is 28.0 Å². The molecular formula is C33H29N3. The predicted octanol–water partition coefficient (Wildman–Crippen LogP) is 7.69. The molecule has 0 aromatic heterocycles. The number of para-hydroxylation sites is 1. The van der Waals surface area contributed by atoms with Gasteiger partial charge in [-0.05, 0) is 60.8 Å². The van der Waals surface area contributed by atoms with E-state index in [1.54, 1.807) is 0 Å². The third-order valence-corrected chi connectivity index (χ3v) is 8.09. The summed E-state index contributed by atoms with van der Waals surface area (Å²) < 4.78 is 0. The molecule has 1 spiro atoms. The Morgan fingerprint density at radius 1 is 0.778 bits per heavy atom. The molecule has 2 heterocycles. The van der Waals surface area contributed by atoms with E-state index in [-0.39, 0.29) is 5.66 Å². The number of fused-ring (bicyclic) bond motifs is 2. The number of hydrogen-bond donors (Lipinski definition) is 0. The fourth-order valence-electron chi connectivity index (χ4n) is 6.56. The van der Waals surface area contributed by atoms with E-state index in [9.17, 15) is 0 Å². The molecule has 3 heteroatoms. The third-order valence-electron chi connectivity index (χ3n) is 8.09. The van der Waals surface area contributed by atoms with Crippen LogP contribution in [0.1, 0.15) is 42.7 Å². The minimum atomic E-state index is -0.258. The average Bonchev–Trinajstić information content (AvgIpc) is 3.27. The van der Waals surface area contributed by atoms with E-state index in [1.807, 2.05) is 18.2 Å². The SMILES string of the molecule is C1=CC2=N[C@]34CCCC[C@@H]3[C@H](c3ccccc3)C=C(c3ccccc3)N4C2=CC1=Nc1ccccc1. The van der Waals surface area contributed by atoms with Crippen LogP contribution >= 0.6 is 0 Å². The van der Waals surface area contributed by atoms with E-state index in [4.69, 9.17) is 9.98 Å². The molecule has 4 aliphatic rings. The van der Waals surface area contributed by atoms with E-state index >= 15 is 0 Å². The van der Waals surface area contributed by atoms with E-state index in [2.05, 4.69) is 102 Å². The Balaban J connectivity index is 1.42. The van der Waals surface area contributed by atoms with Gasteiger partial charge in [-0.25, -0.2) is 4.99 Å². The second-order valence-corrected chi connectivity index (χ2v) is 10.2. The quantitative estimate of drug-likeness (QED) is 0.363. The highest BCUT2D eigenvalue weighted by Crippen LogP contribution is 2.57. The normalized spacial score (nSPS) is 27.5. The smallest absolute Gasteiger partial charge is 0.140 e. The molecule has 3 aromatic rings. The maximum absolute atomic E-state index is 5.57. The van der Waals surface area contributed by atoms with Crippen molar-refractivity contribution in [2.45, 2.75) is 37.3 Å². The van der Waals surface area contributed by atoms with Gasteiger partial charge < -0.3 is 4.90 Å². The maximum Gasteiger partial charge on any atom is 0.140 e. The third kappa shape index (κ3) is 3.42. The summed E-state index contributed by atoms with van der Waals surface area (Å²) in [5.74, 6) is 0.771. The predicted molar refractivity (Wildman–Crippen MR) is 148 cm³/mol. The zero-order chi connectivity index (χ0) is 24.0. The number of hydrogen-bond acceptors (Lipinski definition) is 3. The first kappa shape index (κ1) is 21.3. The van der Waals surface area contributed by atoms with Crippen LogP contribution in [0, 0.1) is 5.92 Å². The summed E-state index contributed by atoms with van der Waals surface area (Å²) in [7, 11) is 0. The molecule has 1 fully saturated rings. The molecule has 0 unspecified atom stereocenters. The van der Waals surface area contributed by atoms with E-state index in [1.165, 1.54) is 41.8 Å². The lowest BCUT2D eigenvalue weighted by Crippen LogP contribution is -2.54. The lowest BCUT2D eigenvalue weighted by molar-refractivity contribution is 0.0687. The van der Waals surface area contributed by atoms with Gasteiger partial charge in [0.15, 0.2) is 0 Å². The molecule has 176 valence electrons. The van der Waals surface area contributed by atoms with Crippen molar-refractivity contribution in [3.05, 3.63) is 132 Å². The monoisotopic (exact) mass is 467 g/mol. The van der Waals surface area contributed by atoms with Crippen LogP contribution in [0.3, 0.4) is 0 Å². The molecule has 0 radical (unpaired) electrons. The van der Waals surface area contributed by atoms with Crippen molar-refractivity contribution < 1.29 is 0 Å². The van der Waals surface area contributed by atoms with Gasteiger partial charge in [-0.15, -0.1) is 0 Å². The first-order valence-corrected chi connectivity index (χ1v) is 13.1. The van der Waals surface area contributed by atoms with Crippen LogP contribution < -0.4 is 0 Å². The maximum atomic E-state index is 5.57. The second-order valence-electron chi connectivity index (χ2n) is 10.2. The van der Waals surface area contributed by atoms with Gasteiger partial charge in [-0.2, -0.15) is 0 Å². The Bertz CT molecular complexity index is 1430. The largest absolute Gasteiger partial charge is 0.313 e. The number of rotatable bonds is 3. The fourth-order valence-corrected chi connectivity index (χ4v) is 6.56. The van der Waals surface area contributed by atoms with Gasteiger partial charge in [-0.1, -0.05) is 91.4 Å². The number of benzene rings is 3. The Labute approximate surface area is 212 Å². The Morgan fingerprint density at radius 2 is 1.50 bits per heavy atom. The minimum Gasteiger partial charge on any atom is -0.313 e. The molecule has 36 heavy (non-hydrogen) atoms. The summed E-state index contributed by atoms with van der Waals surface area (Å²) in [6.45, 7) is 0. The Morgan fingerprint density at radius 3 is 2.28 bits per heavy atom. The molecule has 7 rings (SSSR count). The van der Waals surface area contributed by atoms with Crippen LogP contribution in [0.15, 0.2) is 131 Å². The molecule has 3 nitrogen and oxygen atoms in total. The molecule has 2 aliphatic carbocycles. The molecular weight excluding hydrogens is 438 g/mol. The van der Waals surface area contributed by atoms with Crippen molar-refractivity contribution in [1.29, 1.82) is 0 Å². The molecule has 0 saturated heterocycles. The van der Waals surface area contributed by atoms with Gasteiger partial charge in [0.1, 0.15) is 5.66 Å². The fraction of sp³-hybridized carbons (Fsp3) is 0.212. The van der Waals surface area contributed by atoms with Crippen molar-refractivity contribution in [1.82, 2.24) is 4.90 Å². The lowest BCUT2D eigenvalue weighted by atomic mass is 9.66. The van der Waals surface area contributed by atoms with E-state index in [0.29, 0.717) is 11.8 Å². The van der Waals surface area contributed by atoms with Gasteiger partial charge in [0, 0.05) is 17.5 Å². The lowest BCUT2D eigenvalue weighted by Gasteiger charge is -2.53. The average molecular weight is 468 g/mol. The van der Waals surface area contributed by atoms with E-state index < -0.39 is 0 Å². The molecule has 2 aliphatic heterocycles. The van der Waals surface area contributed by atoms with Gasteiger partial charge in [0.25, 0.3) is 0 Å². The van der Waals surface area contributed by atoms with Crippen molar-refractivity contribution in [3.63, 3.8) is 0 Å². The van der Waals surface area contributed by atoms with Crippen LogP contribution in [-0.4, -0.2) is 22.0 Å². The van der Waals surface area contributed by atoms with Crippen molar-refractivity contribution in [2.24, 2.45) is 15.9 Å². The summed E-state index contributed by atoms with van der Waals surface area (Å²) in [5.41, 5.74) is 7.86. The minimum absolute atomic E-state index is 0.258. The highest BCUT2D eigenvalue weighted by Gasteiger charge is 2.56. The molecule has 1 saturated carbocycles. The number of allylic oxidation sites excluding steroid dienone is 4. The van der Waals surface area contributed by atoms with Crippen molar-refractivity contribution in [2.75, 3.05) is 0 Å². The van der Waals surface area contributed by atoms with Gasteiger partial charge in [0.2, 0.25) is 0 Å². The van der Waals surface area contributed by atoms with Crippen molar-refractivity contribution >= 4 is 22.8 Å².